The standard InChI is InChI=1S/C17H16N2O2/c1-2-19(15-9-4-3-5-10-15)17(20)13-21-16-11-7-6-8-14(16)12-18/h3-11H,2,13H2,1H3. The first-order valence-corrected chi connectivity index (χ1v) is 6.73. The zero-order chi connectivity index (χ0) is 15.1. The number of nitrogens with zero attached hydrogens (tertiary/aromatic N) is 2. The Hall–Kier alpha value is -2.80. The predicted octanol–water partition coefficient (Wildman–Crippen LogP) is 2.99. The predicted molar refractivity (Wildman–Crippen MR) is 81.1 cm³/mol. The summed E-state index contributed by atoms with van der Waals surface area (Å²) in [5, 5.41) is 8.99. The molecule has 2 aromatic rings. The lowest BCUT2D eigenvalue weighted by Crippen LogP contribution is -2.34. The summed E-state index contributed by atoms with van der Waals surface area (Å²) in [7, 11) is 0. The fourth-order valence-corrected chi connectivity index (χ4v) is 2.01. The number of amides is 1. The van der Waals surface area contributed by atoms with Crippen LogP contribution in [0.3, 0.4) is 0 Å². The lowest BCUT2D eigenvalue weighted by molar-refractivity contribution is -0.120. The number of carbonyl (C=O) groups excluding carboxylic acids is 1. The van der Waals surface area contributed by atoms with E-state index in [2.05, 4.69) is 0 Å². The van der Waals surface area contributed by atoms with Gasteiger partial charge in [0.2, 0.25) is 0 Å². The van der Waals surface area contributed by atoms with Crippen molar-refractivity contribution < 1.29 is 9.53 Å². The molecule has 0 spiro atoms. The van der Waals surface area contributed by atoms with E-state index in [0.717, 1.165) is 5.69 Å². The van der Waals surface area contributed by atoms with Gasteiger partial charge in [-0.2, -0.15) is 5.26 Å². The molecule has 1 amide bonds. The Morgan fingerprint density at radius 3 is 2.48 bits per heavy atom. The van der Waals surface area contributed by atoms with E-state index in [1.54, 1.807) is 29.2 Å². The second-order valence-electron chi connectivity index (χ2n) is 4.37. The third-order valence-electron chi connectivity index (χ3n) is 3.04. The zero-order valence-electron chi connectivity index (χ0n) is 11.8. The van der Waals surface area contributed by atoms with Gasteiger partial charge in [0, 0.05) is 12.2 Å². The first kappa shape index (κ1) is 14.6. The van der Waals surface area contributed by atoms with Crippen molar-refractivity contribution in [2.24, 2.45) is 0 Å². The Balaban J connectivity index is 2.06. The molecule has 0 fully saturated rings. The third kappa shape index (κ3) is 3.61. The summed E-state index contributed by atoms with van der Waals surface area (Å²) in [5.41, 5.74) is 1.26. The van der Waals surface area contributed by atoms with Crippen LogP contribution in [0.15, 0.2) is 54.6 Å². The number of carbonyl (C=O) groups is 1. The Morgan fingerprint density at radius 1 is 1.14 bits per heavy atom. The number of para-hydroxylation sites is 2. The third-order valence-corrected chi connectivity index (χ3v) is 3.04. The van der Waals surface area contributed by atoms with Crippen LogP contribution in [0.1, 0.15) is 12.5 Å². The molecule has 0 aliphatic rings. The van der Waals surface area contributed by atoms with Gasteiger partial charge in [-0.05, 0) is 31.2 Å². The van der Waals surface area contributed by atoms with Crippen LogP contribution in [0.2, 0.25) is 0 Å². The lowest BCUT2D eigenvalue weighted by Gasteiger charge is -2.21. The van der Waals surface area contributed by atoms with Crippen LogP contribution >= 0.6 is 0 Å². The Bertz CT molecular complexity index is 647. The number of benzene rings is 2. The van der Waals surface area contributed by atoms with Crippen molar-refractivity contribution in [3.8, 4) is 11.8 Å². The summed E-state index contributed by atoms with van der Waals surface area (Å²) in [6.07, 6.45) is 0. The van der Waals surface area contributed by atoms with E-state index in [1.165, 1.54) is 0 Å². The fourth-order valence-electron chi connectivity index (χ4n) is 2.01. The highest BCUT2D eigenvalue weighted by atomic mass is 16.5. The Labute approximate surface area is 124 Å². The number of likely N-dealkylation sites (N-methyl/N-ethyl adjacent to an activating group) is 1. The molecule has 0 unspecified atom stereocenters. The molecule has 0 N–H and O–H groups in total. The number of anilines is 1. The monoisotopic (exact) mass is 280 g/mol. The van der Waals surface area contributed by atoms with E-state index in [9.17, 15) is 4.79 Å². The van der Waals surface area contributed by atoms with Crippen LogP contribution in [0.25, 0.3) is 0 Å². The topological polar surface area (TPSA) is 53.3 Å². The molecule has 2 aromatic carbocycles. The number of hydrogen-bond donors (Lipinski definition) is 0. The summed E-state index contributed by atoms with van der Waals surface area (Å²) >= 11 is 0. The highest BCUT2D eigenvalue weighted by Crippen LogP contribution is 2.18. The summed E-state index contributed by atoms with van der Waals surface area (Å²) in [5.74, 6) is 0.286. The van der Waals surface area contributed by atoms with Crippen LogP contribution in [-0.2, 0) is 4.79 Å². The van der Waals surface area contributed by atoms with Crippen molar-refractivity contribution >= 4 is 11.6 Å². The summed E-state index contributed by atoms with van der Waals surface area (Å²) in [4.78, 5) is 13.9. The van der Waals surface area contributed by atoms with Crippen molar-refractivity contribution in [3.63, 3.8) is 0 Å². The molecule has 0 saturated carbocycles. The van der Waals surface area contributed by atoms with Crippen molar-refractivity contribution in [1.29, 1.82) is 5.26 Å². The Kier molecular flexibility index (Phi) is 4.94. The second kappa shape index (κ2) is 7.11. The number of rotatable bonds is 5. The molecule has 0 radical (unpaired) electrons. The van der Waals surface area contributed by atoms with Crippen LogP contribution in [-0.4, -0.2) is 19.1 Å². The minimum atomic E-state index is -0.142. The molecular formula is C17H16N2O2. The van der Waals surface area contributed by atoms with Gasteiger partial charge in [0.25, 0.3) is 5.91 Å². The molecule has 0 saturated heterocycles. The lowest BCUT2D eigenvalue weighted by atomic mass is 10.2. The maximum atomic E-state index is 12.3. The highest BCUT2D eigenvalue weighted by Gasteiger charge is 2.14. The molecule has 0 bridgehead atoms. The van der Waals surface area contributed by atoms with Gasteiger partial charge in [0.1, 0.15) is 11.8 Å². The van der Waals surface area contributed by atoms with E-state index in [-0.39, 0.29) is 12.5 Å². The van der Waals surface area contributed by atoms with Gasteiger partial charge in [-0.1, -0.05) is 30.3 Å². The van der Waals surface area contributed by atoms with Crippen LogP contribution in [0.4, 0.5) is 5.69 Å². The number of ether oxygens (including phenoxy) is 1. The van der Waals surface area contributed by atoms with Gasteiger partial charge in [-0.15, -0.1) is 0 Å². The maximum Gasteiger partial charge on any atom is 0.264 e. The van der Waals surface area contributed by atoms with E-state index < -0.39 is 0 Å². The minimum Gasteiger partial charge on any atom is -0.482 e. The first-order chi connectivity index (χ1) is 10.3. The summed E-state index contributed by atoms with van der Waals surface area (Å²) < 4.78 is 5.48. The molecule has 0 aliphatic carbocycles. The van der Waals surface area contributed by atoms with Gasteiger partial charge in [-0.3, -0.25) is 4.79 Å². The molecule has 0 aromatic heterocycles. The van der Waals surface area contributed by atoms with Gasteiger partial charge >= 0.3 is 0 Å². The first-order valence-electron chi connectivity index (χ1n) is 6.73. The SMILES string of the molecule is CCN(C(=O)COc1ccccc1C#N)c1ccccc1. The average molecular weight is 280 g/mol. The van der Waals surface area contributed by atoms with Crippen LogP contribution in [0, 0.1) is 11.3 Å². The average Bonchev–Trinajstić information content (AvgIpc) is 2.55. The van der Waals surface area contributed by atoms with Crippen molar-refractivity contribution in [2.45, 2.75) is 6.92 Å². The van der Waals surface area contributed by atoms with E-state index in [0.29, 0.717) is 17.9 Å². The number of nitriles is 1. The molecular weight excluding hydrogens is 264 g/mol. The molecule has 0 atom stereocenters. The Morgan fingerprint density at radius 2 is 1.81 bits per heavy atom. The maximum absolute atomic E-state index is 12.3. The van der Waals surface area contributed by atoms with Gasteiger partial charge in [-0.25, -0.2) is 0 Å². The van der Waals surface area contributed by atoms with Gasteiger partial charge < -0.3 is 9.64 Å². The molecule has 0 heterocycles. The molecule has 4 nitrogen and oxygen atoms in total. The molecule has 4 heteroatoms. The van der Waals surface area contributed by atoms with Crippen LogP contribution in [0.5, 0.6) is 5.75 Å². The quantitative estimate of drug-likeness (QED) is 0.846. The number of hydrogen-bond acceptors (Lipinski definition) is 3. The largest absolute Gasteiger partial charge is 0.482 e. The fraction of sp³-hybridized carbons (Fsp3) is 0.176. The highest BCUT2D eigenvalue weighted by molar-refractivity contribution is 5.94. The minimum absolute atomic E-state index is 0.0958. The smallest absolute Gasteiger partial charge is 0.264 e. The summed E-state index contributed by atoms with van der Waals surface area (Å²) in [6, 6.07) is 18.4. The summed E-state index contributed by atoms with van der Waals surface area (Å²) in [6.45, 7) is 2.38. The van der Waals surface area contributed by atoms with E-state index in [4.69, 9.17) is 10.00 Å². The van der Waals surface area contributed by atoms with E-state index in [1.807, 2.05) is 43.3 Å². The van der Waals surface area contributed by atoms with Gasteiger partial charge in [0.15, 0.2) is 6.61 Å². The molecule has 0 aliphatic heterocycles. The normalized spacial score (nSPS) is 9.71. The second-order valence-corrected chi connectivity index (χ2v) is 4.37. The molecule has 106 valence electrons. The van der Waals surface area contributed by atoms with Crippen LogP contribution < -0.4 is 9.64 Å². The van der Waals surface area contributed by atoms with Crippen molar-refractivity contribution in [3.05, 3.63) is 60.2 Å². The molecule has 2 rings (SSSR count). The van der Waals surface area contributed by atoms with Crippen molar-refractivity contribution in [2.75, 3.05) is 18.1 Å². The zero-order valence-corrected chi connectivity index (χ0v) is 11.8. The van der Waals surface area contributed by atoms with Gasteiger partial charge in [0.05, 0.1) is 5.56 Å². The molecule has 21 heavy (non-hydrogen) atoms. The van der Waals surface area contributed by atoms with E-state index >= 15 is 0 Å². The van der Waals surface area contributed by atoms with Crippen molar-refractivity contribution in [1.82, 2.24) is 0 Å².